The molecule has 3 N–H and O–H groups in total. The van der Waals surface area contributed by atoms with Gasteiger partial charge in [-0.05, 0) is 29.1 Å². The molecular weight excluding hydrogens is 446 g/mol. The molecule has 0 aliphatic carbocycles. The van der Waals surface area contributed by atoms with E-state index in [0.717, 1.165) is 44.2 Å². The van der Waals surface area contributed by atoms with Crippen LogP contribution in [0, 0.1) is 0 Å². The maximum atomic E-state index is 12.6. The molecule has 4 heterocycles. The number of piperazine rings is 1. The smallest absolute Gasteiger partial charge is 0.314 e. The quantitative estimate of drug-likeness (QED) is 0.364. The van der Waals surface area contributed by atoms with Gasteiger partial charge in [-0.15, -0.1) is 11.3 Å². The number of thiophene rings is 1. The highest BCUT2D eigenvalue weighted by Crippen LogP contribution is 2.32. The fraction of sp³-hybridized carbons (Fsp3) is 0.320. The monoisotopic (exact) mass is 475 g/mol. The molecule has 1 atom stereocenters. The van der Waals surface area contributed by atoms with Crippen molar-refractivity contribution in [3.8, 4) is 0 Å². The van der Waals surface area contributed by atoms with Crippen LogP contribution < -0.4 is 15.5 Å². The molecule has 0 saturated carbocycles. The van der Waals surface area contributed by atoms with Crippen molar-refractivity contribution in [1.29, 1.82) is 0 Å². The Morgan fingerprint density at radius 3 is 2.65 bits per heavy atom. The van der Waals surface area contributed by atoms with Crippen LogP contribution in [0.3, 0.4) is 0 Å². The van der Waals surface area contributed by atoms with Crippen LogP contribution in [0.15, 0.2) is 66.4 Å². The minimum atomic E-state index is -0.127. The summed E-state index contributed by atoms with van der Waals surface area (Å²) in [7, 11) is 0. The number of hydrogen-bond acceptors (Lipinski definition) is 6. The van der Waals surface area contributed by atoms with Gasteiger partial charge in [-0.25, -0.2) is 14.8 Å². The van der Waals surface area contributed by atoms with E-state index in [9.17, 15) is 4.79 Å². The second-order valence-corrected chi connectivity index (χ2v) is 9.35. The van der Waals surface area contributed by atoms with Crippen LogP contribution in [0.25, 0.3) is 10.9 Å². The van der Waals surface area contributed by atoms with E-state index >= 15 is 0 Å². The molecule has 1 unspecified atom stereocenters. The molecule has 1 saturated heterocycles. The molecule has 1 aliphatic rings. The zero-order valence-electron chi connectivity index (χ0n) is 19.0. The van der Waals surface area contributed by atoms with Gasteiger partial charge >= 0.3 is 6.03 Å². The van der Waals surface area contributed by atoms with Crippen molar-refractivity contribution in [2.45, 2.75) is 5.92 Å². The largest absolute Gasteiger partial charge is 0.361 e. The molecule has 1 fully saturated rings. The number of amides is 2. The predicted octanol–water partition coefficient (Wildman–Crippen LogP) is 3.27. The van der Waals surface area contributed by atoms with Gasteiger partial charge in [-0.3, -0.25) is 4.90 Å². The first-order valence-corrected chi connectivity index (χ1v) is 12.5. The number of urea groups is 1. The van der Waals surface area contributed by atoms with Crippen molar-refractivity contribution in [3.05, 3.63) is 76.9 Å². The first kappa shape index (κ1) is 22.4. The summed E-state index contributed by atoms with van der Waals surface area (Å²) in [5, 5.41) is 9.39. The number of nitrogens with one attached hydrogen (secondary N) is 3. The summed E-state index contributed by atoms with van der Waals surface area (Å²) in [6.07, 6.45) is 5.62. The van der Waals surface area contributed by atoms with Gasteiger partial charge in [0, 0.05) is 86.1 Å². The van der Waals surface area contributed by atoms with Gasteiger partial charge in [0.1, 0.15) is 0 Å². The van der Waals surface area contributed by atoms with E-state index in [2.05, 4.69) is 77.3 Å². The van der Waals surface area contributed by atoms with Gasteiger partial charge in [0.25, 0.3) is 0 Å². The minimum Gasteiger partial charge on any atom is -0.361 e. The number of carbonyl (C=O) groups is 1. The summed E-state index contributed by atoms with van der Waals surface area (Å²) >= 11 is 1.72. The summed E-state index contributed by atoms with van der Waals surface area (Å²) in [6, 6.07) is 14.2. The normalized spacial score (nSPS) is 15.4. The Balaban J connectivity index is 1.10. The number of H-pyrrole nitrogens is 1. The topological polar surface area (TPSA) is 89.2 Å². The third-order valence-electron chi connectivity index (χ3n) is 6.27. The molecule has 1 aliphatic heterocycles. The molecule has 0 radical (unpaired) electrons. The third kappa shape index (κ3) is 5.21. The second kappa shape index (κ2) is 10.7. The molecule has 2 amide bonds. The van der Waals surface area contributed by atoms with Crippen LogP contribution in [0.2, 0.25) is 0 Å². The van der Waals surface area contributed by atoms with E-state index in [1.54, 1.807) is 23.7 Å². The maximum Gasteiger partial charge on any atom is 0.314 e. The van der Waals surface area contributed by atoms with Crippen LogP contribution in [0.4, 0.5) is 10.7 Å². The Morgan fingerprint density at radius 1 is 1.03 bits per heavy atom. The highest BCUT2D eigenvalue weighted by atomic mass is 32.1. The van der Waals surface area contributed by atoms with E-state index in [1.165, 1.54) is 15.8 Å². The van der Waals surface area contributed by atoms with E-state index in [-0.39, 0.29) is 11.9 Å². The van der Waals surface area contributed by atoms with E-state index in [1.807, 2.05) is 12.1 Å². The van der Waals surface area contributed by atoms with E-state index < -0.39 is 0 Å². The Kier molecular flexibility index (Phi) is 7.02. The lowest BCUT2D eigenvalue weighted by Gasteiger charge is -2.34. The Hall–Kier alpha value is -3.43. The molecule has 8 nitrogen and oxygen atoms in total. The molecule has 0 bridgehead atoms. The Labute approximate surface area is 203 Å². The van der Waals surface area contributed by atoms with Crippen molar-refractivity contribution in [3.63, 3.8) is 0 Å². The lowest BCUT2D eigenvalue weighted by molar-refractivity contribution is 0.231. The average molecular weight is 476 g/mol. The van der Waals surface area contributed by atoms with Crippen molar-refractivity contribution < 1.29 is 4.79 Å². The highest BCUT2D eigenvalue weighted by Gasteiger charge is 2.21. The first-order valence-electron chi connectivity index (χ1n) is 11.6. The van der Waals surface area contributed by atoms with Crippen molar-refractivity contribution in [2.24, 2.45) is 0 Å². The SMILES string of the molecule is O=C(NCCN1CCN(c2ncccn2)CC1)NCC(c1cccs1)c1c[nH]c2ccccc12. The van der Waals surface area contributed by atoms with E-state index in [4.69, 9.17) is 0 Å². The molecule has 1 aromatic carbocycles. The first-order chi connectivity index (χ1) is 16.8. The summed E-state index contributed by atoms with van der Waals surface area (Å²) in [6.45, 7) is 5.64. The number of para-hydroxylation sites is 1. The number of fused-ring (bicyclic) bond motifs is 1. The number of benzene rings is 1. The Morgan fingerprint density at radius 2 is 1.85 bits per heavy atom. The number of hydrogen-bond donors (Lipinski definition) is 3. The number of aromatic nitrogens is 3. The van der Waals surface area contributed by atoms with Crippen LogP contribution in [-0.4, -0.2) is 71.7 Å². The van der Waals surface area contributed by atoms with Crippen molar-refractivity contribution >= 4 is 34.2 Å². The van der Waals surface area contributed by atoms with Crippen LogP contribution in [0.1, 0.15) is 16.4 Å². The third-order valence-corrected chi connectivity index (χ3v) is 7.26. The van der Waals surface area contributed by atoms with Gasteiger partial charge in [0.15, 0.2) is 0 Å². The summed E-state index contributed by atoms with van der Waals surface area (Å²) in [5.74, 6) is 0.894. The number of carbonyl (C=O) groups excluding carboxylic acids is 1. The fourth-order valence-corrected chi connectivity index (χ4v) is 5.29. The molecule has 0 spiro atoms. The molecule has 3 aromatic heterocycles. The van der Waals surface area contributed by atoms with Crippen molar-refractivity contribution in [1.82, 2.24) is 30.5 Å². The molecular formula is C25H29N7OS. The standard InChI is InChI=1S/C25H29N7OS/c33-25(28-10-11-31-12-14-32(15-13-31)24-26-8-4-9-27-24)30-18-21(23-7-3-16-34-23)20-17-29-22-6-2-1-5-19(20)22/h1-9,16-17,21,29H,10-15,18H2,(H2,28,30,33). The van der Waals surface area contributed by atoms with Crippen LogP contribution in [0.5, 0.6) is 0 Å². The molecule has 9 heteroatoms. The number of nitrogens with zero attached hydrogens (tertiary/aromatic N) is 4. The number of aromatic amines is 1. The van der Waals surface area contributed by atoms with Gasteiger partial charge in [0.2, 0.25) is 5.95 Å². The fourth-order valence-electron chi connectivity index (χ4n) is 4.45. The van der Waals surface area contributed by atoms with Gasteiger partial charge < -0.3 is 20.5 Å². The Bertz CT molecular complexity index is 1190. The zero-order valence-corrected chi connectivity index (χ0v) is 19.8. The van der Waals surface area contributed by atoms with Crippen LogP contribution >= 0.6 is 11.3 Å². The minimum absolute atomic E-state index is 0.107. The predicted molar refractivity (Wildman–Crippen MR) is 137 cm³/mol. The molecule has 176 valence electrons. The lowest BCUT2D eigenvalue weighted by Crippen LogP contribution is -2.49. The molecule has 5 rings (SSSR count). The lowest BCUT2D eigenvalue weighted by atomic mass is 9.97. The van der Waals surface area contributed by atoms with Crippen LogP contribution in [-0.2, 0) is 0 Å². The highest BCUT2D eigenvalue weighted by molar-refractivity contribution is 7.10. The van der Waals surface area contributed by atoms with E-state index in [0.29, 0.717) is 13.1 Å². The summed E-state index contributed by atoms with van der Waals surface area (Å²) in [4.78, 5) is 30.4. The summed E-state index contributed by atoms with van der Waals surface area (Å²) in [5.41, 5.74) is 2.32. The zero-order chi connectivity index (χ0) is 23.2. The maximum absolute atomic E-state index is 12.6. The second-order valence-electron chi connectivity index (χ2n) is 8.37. The van der Waals surface area contributed by atoms with Gasteiger partial charge in [0.05, 0.1) is 0 Å². The van der Waals surface area contributed by atoms with Gasteiger partial charge in [-0.1, -0.05) is 24.3 Å². The number of rotatable bonds is 8. The van der Waals surface area contributed by atoms with Crippen molar-refractivity contribution in [2.75, 3.05) is 50.7 Å². The molecule has 4 aromatic rings. The van der Waals surface area contributed by atoms with Gasteiger partial charge in [-0.2, -0.15) is 0 Å². The summed E-state index contributed by atoms with van der Waals surface area (Å²) < 4.78 is 0. The average Bonchev–Trinajstić information content (AvgIpc) is 3.56. The number of anilines is 1. The molecule has 34 heavy (non-hydrogen) atoms.